The van der Waals surface area contributed by atoms with Crippen LogP contribution in [0.2, 0.25) is 0 Å². The average Bonchev–Trinajstić information content (AvgIpc) is 3.90. The monoisotopic (exact) mass is 988 g/mol. The zero-order valence-corrected chi connectivity index (χ0v) is 45.6. The first-order valence-corrected chi connectivity index (χ1v) is 27.7. The van der Waals surface area contributed by atoms with Crippen molar-refractivity contribution in [2.45, 2.75) is 110 Å². The molecule has 76 heavy (non-hydrogen) atoms. The molecule has 0 saturated heterocycles. The van der Waals surface area contributed by atoms with Crippen LogP contribution in [0.25, 0.3) is 44.2 Å². The highest BCUT2D eigenvalue weighted by molar-refractivity contribution is 7.00. The van der Waals surface area contributed by atoms with Gasteiger partial charge in [0, 0.05) is 55.9 Å². The van der Waals surface area contributed by atoms with Gasteiger partial charge in [0.25, 0.3) is 6.71 Å². The molecule has 1 aromatic heterocycles. The second-order valence-electron chi connectivity index (χ2n) is 24.9. The van der Waals surface area contributed by atoms with Crippen LogP contribution in [0.15, 0.2) is 192 Å². The van der Waals surface area contributed by atoms with Crippen LogP contribution in [0.5, 0.6) is 0 Å². The van der Waals surface area contributed by atoms with Gasteiger partial charge in [0.1, 0.15) is 5.58 Å². The topological polar surface area (TPSA) is 22.9 Å². The largest absolute Gasteiger partial charge is 0.454 e. The summed E-state index contributed by atoms with van der Waals surface area (Å²) in [5, 5.41) is 2.26. The van der Waals surface area contributed by atoms with Crippen LogP contribution in [0.3, 0.4) is 0 Å². The molecule has 10 aromatic rings. The van der Waals surface area contributed by atoms with E-state index in [-0.39, 0.29) is 28.5 Å². The fourth-order valence-electron chi connectivity index (χ4n) is 14.1. The predicted molar refractivity (Wildman–Crippen MR) is 324 cm³/mol. The number of aryl methyl sites for hydroxylation is 1. The summed E-state index contributed by atoms with van der Waals surface area (Å²) in [5.41, 5.74) is 25.3. The quantitative estimate of drug-likeness (QED) is 0.160. The molecule has 4 nitrogen and oxygen atoms in total. The molecule has 1 fully saturated rings. The second-order valence-corrected chi connectivity index (χ2v) is 24.9. The van der Waals surface area contributed by atoms with Gasteiger partial charge in [0.05, 0.1) is 16.9 Å². The Bertz CT molecular complexity index is 3990. The lowest BCUT2D eigenvalue weighted by Crippen LogP contribution is -2.61. The smallest absolute Gasteiger partial charge is 0.252 e. The van der Waals surface area contributed by atoms with E-state index in [4.69, 9.17) is 4.42 Å². The summed E-state index contributed by atoms with van der Waals surface area (Å²) >= 11 is 0. The highest BCUT2D eigenvalue weighted by Gasteiger charge is 2.58. The summed E-state index contributed by atoms with van der Waals surface area (Å²) in [6.07, 6.45) is 4.73. The molecule has 4 aliphatic rings. The lowest BCUT2D eigenvalue weighted by Gasteiger charge is -2.50. The number of hydrogen-bond donors (Lipinski definition) is 0. The molecule has 0 bridgehead atoms. The summed E-state index contributed by atoms with van der Waals surface area (Å²) in [4.78, 5) is 7.97. The zero-order valence-electron chi connectivity index (χ0n) is 45.6. The minimum absolute atomic E-state index is 0.0396. The normalized spacial score (nSPS) is 18.6. The Morgan fingerprint density at radius 3 is 1.82 bits per heavy atom. The maximum absolute atomic E-state index is 6.95. The molecule has 2 atom stereocenters. The van der Waals surface area contributed by atoms with Crippen LogP contribution >= 0.6 is 0 Å². The minimum Gasteiger partial charge on any atom is -0.454 e. The van der Waals surface area contributed by atoms with E-state index in [1.165, 1.54) is 114 Å². The molecule has 2 unspecified atom stereocenters. The molecule has 0 N–H and O–H groups in total. The van der Waals surface area contributed by atoms with Gasteiger partial charge in [0.2, 0.25) is 0 Å². The first kappa shape index (κ1) is 46.8. The van der Waals surface area contributed by atoms with Crippen molar-refractivity contribution in [1.29, 1.82) is 0 Å². The van der Waals surface area contributed by atoms with Crippen LogP contribution in [0.1, 0.15) is 103 Å². The molecule has 374 valence electrons. The summed E-state index contributed by atoms with van der Waals surface area (Å²) < 4.78 is 6.95. The van der Waals surface area contributed by atoms with Crippen LogP contribution in [0, 0.1) is 6.92 Å². The summed E-state index contributed by atoms with van der Waals surface area (Å²) in [6.45, 7) is 21.4. The standard InChI is InChI=1S/C71H66BN3O/c1-45-39-63-66-64(40-45)74(60-27-20-26-53-52-25-16-17-28-65(52)76-67(53)60)61-43-50(69(5,6)7)30-33-56(61)72(66)57-34-32-51(44-62(57)73(63)58-36-31-49(68(2,3)4)42-54(58)47-23-14-11-15-24-47)75-59-35-29-48(46-21-12-10-13-22-46)41-55(59)70(8)37-18-19-38-71(70,75)9/h10-17,20-36,39-44H,18-19,37-38H2,1-9H3. The van der Waals surface area contributed by atoms with Crippen molar-refractivity contribution in [2.24, 2.45) is 0 Å². The minimum atomic E-state index is -0.138. The molecule has 3 aliphatic heterocycles. The molecule has 9 aromatic carbocycles. The van der Waals surface area contributed by atoms with Gasteiger partial charge in [-0.3, -0.25) is 0 Å². The van der Waals surface area contributed by atoms with E-state index in [1.54, 1.807) is 0 Å². The van der Waals surface area contributed by atoms with Gasteiger partial charge in [-0.15, -0.1) is 0 Å². The highest BCUT2D eigenvalue weighted by atomic mass is 16.3. The Morgan fingerprint density at radius 2 is 1.08 bits per heavy atom. The average molecular weight is 988 g/mol. The molecular formula is C71H66BN3O. The molecule has 0 radical (unpaired) electrons. The number of rotatable bonds is 5. The molecule has 0 amide bonds. The maximum Gasteiger partial charge on any atom is 0.252 e. The Labute approximate surface area is 449 Å². The number of benzene rings is 9. The van der Waals surface area contributed by atoms with Crippen LogP contribution in [0.4, 0.5) is 45.5 Å². The van der Waals surface area contributed by atoms with Gasteiger partial charge in [-0.25, -0.2) is 0 Å². The third-order valence-electron chi connectivity index (χ3n) is 18.3. The van der Waals surface area contributed by atoms with Crippen molar-refractivity contribution in [3.05, 3.63) is 210 Å². The highest BCUT2D eigenvalue weighted by Crippen LogP contribution is 2.62. The van der Waals surface area contributed by atoms with Crippen molar-refractivity contribution in [2.75, 3.05) is 14.7 Å². The van der Waals surface area contributed by atoms with E-state index in [9.17, 15) is 0 Å². The SMILES string of the molecule is Cc1cc2c3c(c1)N(c1cccc4c1oc1ccccc14)c1cc(C(C)(C)C)ccc1B3c1ccc(N3c4ccc(-c5ccccc5)cc4C4(C)CCCCC34C)cc1N2c1ccc(C(C)(C)C)cc1-c1ccccc1. The van der Waals surface area contributed by atoms with Crippen LogP contribution in [-0.2, 0) is 16.2 Å². The first-order chi connectivity index (χ1) is 36.6. The molecule has 0 spiro atoms. The number of para-hydroxylation sites is 2. The number of furan rings is 1. The predicted octanol–water partition coefficient (Wildman–Crippen LogP) is 17.6. The van der Waals surface area contributed by atoms with Gasteiger partial charge in [0.15, 0.2) is 5.58 Å². The molecular weight excluding hydrogens is 922 g/mol. The lowest BCUT2D eigenvalue weighted by molar-refractivity contribution is 0.195. The van der Waals surface area contributed by atoms with E-state index in [0.29, 0.717) is 0 Å². The third-order valence-corrected chi connectivity index (χ3v) is 18.3. The first-order valence-electron chi connectivity index (χ1n) is 27.7. The Kier molecular flexibility index (Phi) is 10.2. The van der Waals surface area contributed by atoms with Gasteiger partial charge in [-0.2, -0.15) is 0 Å². The van der Waals surface area contributed by atoms with Crippen molar-refractivity contribution in [3.8, 4) is 22.3 Å². The molecule has 1 saturated carbocycles. The fourth-order valence-corrected chi connectivity index (χ4v) is 14.1. The van der Waals surface area contributed by atoms with Crippen molar-refractivity contribution in [3.63, 3.8) is 0 Å². The molecule has 14 rings (SSSR count). The van der Waals surface area contributed by atoms with Crippen molar-refractivity contribution >= 4 is 90.5 Å². The van der Waals surface area contributed by atoms with Gasteiger partial charge in [-0.1, -0.05) is 183 Å². The van der Waals surface area contributed by atoms with Gasteiger partial charge in [-0.05, 0) is 160 Å². The van der Waals surface area contributed by atoms with Crippen LogP contribution < -0.4 is 31.1 Å². The van der Waals surface area contributed by atoms with E-state index in [1.807, 2.05) is 0 Å². The summed E-state index contributed by atoms with van der Waals surface area (Å²) in [6, 6.07) is 71.6. The summed E-state index contributed by atoms with van der Waals surface area (Å²) in [5.74, 6) is 0. The van der Waals surface area contributed by atoms with E-state index in [2.05, 4.69) is 265 Å². The lowest BCUT2D eigenvalue weighted by atomic mass is 9.33. The number of anilines is 8. The van der Waals surface area contributed by atoms with E-state index < -0.39 is 0 Å². The summed E-state index contributed by atoms with van der Waals surface area (Å²) in [7, 11) is 0. The van der Waals surface area contributed by atoms with E-state index in [0.717, 1.165) is 40.5 Å². The fraction of sp³-hybridized carbons (Fsp3) is 0.239. The van der Waals surface area contributed by atoms with Gasteiger partial charge < -0.3 is 19.1 Å². The Balaban J connectivity index is 1.06. The van der Waals surface area contributed by atoms with Crippen LogP contribution in [-0.4, -0.2) is 12.3 Å². The molecule has 4 heterocycles. The second kappa shape index (κ2) is 16.6. The van der Waals surface area contributed by atoms with E-state index >= 15 is 0 Å². The van der Waals surface area contributed by atoms with Crippen molar-refractivity contribution in [1.82, 2.24) is 0 Å². The number of nitrogens with zero attached hydrogens (tertiary/aromatic N) is 3. The number of fused-ring (bicyclic) bond motifs is 10. The third kappa shape index (κ3) is 6.83. The number of hydrogen-bond acceptors (Lipinski definition) is 4. The maximum atomic E-state index is 6.95. The zero-order chi connectivity index (χ0) is 52.0. The molecule has 1 aliphatic carbocycles. The van der Waals surface area contributed by atoms with Crippen molar-refractivity contribution < 1.29 is 4.42 Å². The van der Waals surface area contributed by atoms with Gasteiger partial charge >= 0.3 is 0 Å². The Hall–Kier alpha value is -7.76. The Morgan fingerprint density at radius 1 is 0.474 bits per heavy atom. The molecule has 5 heteroatoms.